The highest BCUT2D eigenvalue weighted by atomic mass is 32.2. The molecular formula is C9H9FN6O2S2. The number of sulfonamides is 1. The van der Waals surface area contributed by atoms with Crippen LogP contribution in [0.15, 0.2) is 23.1 Å². The zero-order valence-corrected chi connectivity index (χ0v) is 11.5. The standard InChI is InChI=1S/C9H9FN6O2S2/c10-5-2-1-3-6(8(5)9(11)19)20(17,18)12-4-7-13-15-16-14-7/h1-3,12H,4H2,(H2,11,19)(H,13,14,15,16). The van der Waals surface area contributed by atoms with E-state index >= 15 is 0 Å². The molecule has 2 rings (SSSR count). The van der Waals surface area contributed by atoms with Crippen molar-refractivity contribution < 1.29 is 12.8 Å². The van der Waals surface area contributed by atoms with Crippen LogP contribution in [0.2, 0.25) is 0 Å². The molecule has 1 aromatic carbocycles. The summed E-state index contributed by atoms with van der Waals surface area (Å²) in [4.78, 5) is -0.684. The van der Waals surface area contributed by atoms with Crippen LogP contribution in [0.5, 0.6) is 0 Å². The van der Waals surface area contributed by atoms with E-state index < -0.39 is 15.8 Å². The van der Waals surface area contributed by atoms with E-state index in [9.17, 15) is 12.8 Å². The molecule has 0 spiro atoms. The largest absolute Gasteiger partial charge is 0.389 e. The van der Waals surface area contributed by atoms with Gasteiger partial charge < -0.3 is 5.73 Å². The number of hydrogen-bond acceptors (Lipinski definition) is 6. The number of nitrogens with one attached hydrogen (secondary N) is 2. The predicted molar refractivity (Wildman–Crippen MR) is 70.5 cm³/mol. The molecule has 0 atom stereocenters. The fraction of sp³-hybridized carbons (Fsp3) is 0.111. The summed E-state index contributed by atoms with van der Waals surface area (Å²) in [7, 11) is -4.01. The monoisotopic (exact) mass is 316 g/mol. The highest BCUT2D eigenvalue weighted by molar-refractivity contribution is 7.89. The van der Waals surface area contributed by atoms with Crippen LogP contribution >= 0.6 is 12.2 Å². The summed E-state index contributed by atoms with van der Waals surface area (Å²) < 4.78 is 40.1. The Labute approximate surface area is 118 Å². The Hall–Kier alpha value is -1.98. The number of thiocarbonyl (C=S) groups is 1. The molecule has 0 aliphatic carbocycles. The zero-order valence-electron chi connectivity index (χ0n) is 9.87. The van der Waals surface area contributed by atoms with Crippen LogP contribution in [0.3, 0.4) is 0 Å². The van der Waals surface area contributed by atoms with Gasteiger partial charge in [-0.2, -0.15) is 5.21 Å². The first-order valence-electron chi connectivity index (χ1n) is 5.22. The Morgan fingerprint density at radius 2 is 2.25 bits per heavy atom. The number of halogens is 1. The highest BCUT2D eigenvalue weighted by Gasteiger charge is 2.22. The van der Waals surface area contributed by atoms with Crippen molar-refractivity contribution in [2.45, 2.75) is 11.4 Å². The van der Waals surface area contributed by atoms with E-state index in [2.05, 4.69) is 37.6 Å². The second-order valence-electron chi connectivity index (χ2n) is 3.63. The SMILES string of the molecule is NC(=S)c1c(F)cccc1S(=O)(=O)NCc1nn[nH]n1. The van der Waals surface area contributed by atoms with Crippen molar-refractivity contribution >= 4 is 27.2 Å². The second-order valence-corrected chi connectivity index (χ2v) is 5.81. The lowest BCUT2D eigenvalue weighted by molar-refractivity contribution is 0.575. The Kier molecular flexibility index (Phi) is 4.01. The van der Waals surface area contributed by atoms with Crippen molar-refractivity contribution in [3.8, 4) is 0 Å². The van der Waals surface area contributed by atoms with Crippen LogP contribution in [0.1, 0.15) is 11.4 Å². The Morgan fingerprint density at radius 1 is 1.50 bits per heavy atom. The van der Waals surface area contributed by atoms with E-state index in [1.165, 1.54) is 12.1 Å². The van der Waals surface area contributed by atoms with E-state index in [4.69, 9.17) is 5.73 Å². The van der Waals surface area contributed by atoms with E-state index in [0.29, 0.717) is 0 Å². The van der Waals surface area contributed by atoms with E-state index in [1.54, 1.807) is 0 Å². The number of tetrazole rings is 1. The maximum Gasteiger partial charge on any atom is 0.241 e. The third-order valence-corrected chi connectivity index (χ3v) is 3.97. The van der Waals surface area contributed by atoms with Gasteiger partial charge in [-0.15, -0.1) is 10.2 Å². The van der Waals surface area contributed by atoms with Crippen molar-refractivity contribution in [3.05, 3.63) is 35.4 Å². The molecule has 0 unspecified atom stereocenters. The molecule has 8 nitrogen and oxygen atoms in total. The van der Waals surface area contributed by atoms with Crippen LogP contribution in [0, 0.1) is 5.82 Å². The summed E-state index contributed by atoms with van der Waals surface area (Å²) in [5.41, 5.74) is 5.03. The highest BCUT2D eigenvalue weighted by Crippen LogP contribution is 2.18. The summed E-state index contributed by atoms with van der Waals surface area (Å²) >= 11 is 4.68. The quantitative estimate of drug-likeness (QED) is 0.632. The molecule has 1 aromatic heterocycles. The van der Waals surface area contributed by atoms with Crippen LogP contribution < -0.4 is 10.5 Å². The third-order valence-electron chi connectivity index (χ3n) is 2.32. The van der Waals surface area contributed by atoms with Gasteiger partial charge in [0.1, 0.15) is 10.8 Å². The minimum atomic E-state index is -4.01. The number of nitrogens with two attached hydrogens (primary N) is 1. The van der Waals surface area contributed by atoms with Crippen molar-refractivity contribution in [1.82, 2.24) is 25.3 Å². The molecule has 2 aromatic rings. The summed E-state index contributed by atoms with van der Waals surface area (Å²) in [5.74, 6) is -0.665. The first kappa shape index (κ1) is 14.4. The average Bonchev–Trinajstić information content (AvgIpc) is 2.89. The first-order valence-corrected chi connectivity index (χ1v) is 7.11. The molecule has 0 bridgehead atoms. The second kappa shape index (κ2) is 5.56. The molecule has 11 heteroatoms. The lowest BCUT2D eigenvalue weighted by atomic mass is 10.2. The molecule has 0 aliphatic rings. The fourth-order valence-corrected chi connectivity index (χ4v) is 2.94. The minimum Gasteiger partial charge on any atom is -0.389 e. The number of rotatable bonds is 5. The van der Waals surface area contributed by atoms with Gasteiger partial charge in [0, 0.05) is 0 Å². The summed E-state index contributed by atoms with van der Waals surface area (Å²) in [6.07, 6.45) is 0. The van der Waals surface area contributed by atoms with Crippen molar-refractivity contribution in [3.63, 3.8) is 0 Å². The number of nitrogens with zero attached hydrogens (tertiary/aromatic N) is 3. The van der Waals surface area contributed by atoms with Gasteiger partial charge in [0.2, 0.25) is 10.0 Å². The van der Waals surface area contributed by atoms with Gasteiger partial charge in [0.25, 0.3) is 0 Å². The zero-order chi connectivity index (χ0) is 14.8. The number of H-pyrrole nitrogens is 1. The van der Waals surface area contributed by atoms with Gasteiger partial charge in [-0.25, -0.2) is 17.5 Å². The van der Waals surface area contributed by atoms with Crippen LogP contribution in [0.25, 0.3) is 0 Å². The molecule has 0 saturated carbocycles. The molecule has 0 amide bonds. The molecule has 4 N–H and O–H groups in total. The smallest absolute Gasteiger partial charge is 0.241 e. The number of aromatic amines is 1. The average molecular weight is 316 g/mol. The Bertz CT molecular complexity index is 731. The molecule has 0 saturated heterocycles. The van der Waals surface area contributed by atoms with E-state index in [0.717, 1.165) is 6.07 Å². The van der Waals surface area contributed by atoms with Crippen LogP contribution in [-0.4, -0.2) is 34.0 Å². The fourth-order valence-electron chi connectivity index (χ4n) is 1.46. The van der Waals surface area contributed by atoms with Crippen molar-refractivity contribution in [1.29, 1.82) is 0 Å². The molecule has 1 heterocycles. The lowest BCUT2D eigenvalue weighted by Gasteiger charge is -2.10. The Morgan fingerprint density at radius 3 is 2.85 bits per heavy atom. The predicted octanol–water partition coefficient (Wildman–Crippen LogP) is -0.548. The third kappa shape index (κ3) is 2.95. The molecule has 106 valence electrons. The minimum absolute atomic E-state index is 0.141. The van der Waals surface area contributed by atoms with E-state index in [-0.39, 0.29) is 27.8 Å². The number of hydrogen-bond donors (Lipinski definition) is 3. The molecular weight excluding hydrogens is 307 g/mol. The summed E-state index contributed by atoms with van der Waals surface area (Å²) in [6.45, 7) is -0.202. The van der Waals surface area contributed by atoms with Crippen LogP contribution in [0.4, 0.5) is 4.39 Å². The van der Waals surface area contributed by atoms with Gasteiger partial charge in [0.05, 0.1) is 17.0 Å². The normalized spacial score (nSPS) is 11.4. The number of benzene rings is 1. The van der Waals surface area contributed by atoms with Crippen molar-refractivity contribution in [2.75, 3.05) is 0 Å². The maximum atomic E-state index is 13.6. The van der Waals surface area contributed by atoms with Crippen molar-refractivity contribution in [2.24, 2.45) is 5.73 Å². The lowest BCUT2D eigenvalue weighted by Crippen LogP contribution is -2.27. The maximum absolute atomic E-state index is 13.6. The molecule has 20 heavy (non-hydrogen) atoms. The molecule has 0 fully saturated rings. The van der Waals surface area contributed by atoms with Gasteiger partial charge in [-0.05, 0) is 12.1 Å². The molecule has 0 aliphatic heterocycles. The van der Waals surface area contributed by atoms with E-state index in [1.807, 2.05) is 0 Å². The van der Waals surface area contributed by atoms with Crippen LogP contribution in [-0.2, 0) is 16.6 Å². The summed E-state index contributed by atoms with van der Waals surface area (Å²) in [6, 6.07) is 3.53. The van der Waals surface area contributed by atoms with Gasteiger partial charge >= 0.3 is 0 Å². The molecule has 0 radical (unpaired) electrons. The van der Waals surface area contributed by atoms with Gasteiger partial charge in [-0.1, -0.05) is 23.5 Å². The van der Waals surface area contributed by atoms with Gasteiger partial charge in [-0.3, -0.25) is 0 Å². The Balaban J connectivity index is 2.34. The summed E-state index contributed by atoms with van der Waals surface area (Å²) in [5, 5.41) is 12.6. The first-order chi connectivity index (χ1) is 9.42. The van der Waals surface area contributed by atoms with Gasteiger partial charge in [0.15, 0.2) is 5.82 Å². The topological polar surface area (TPSA) is 127 Å². The number of aromatic nitrogens is 4.